The Hall–Kier alpha value is -3.74. The van der Waals surface area contributed by atoms with Crippen molar-refractivity contribution in [3.05, 3.63) is 94.3 Å². The second-order valence-electron chi connectivity index (χ2n) is 6.40. The molecule has 0 saturated heterocycles. The summed E-state index contributed by atoms with van der Waals surface area (Å²) in [6, 6.07) is 16.8. The van der Waals surface area contributed by atoms with Gasteiger partial charge >= 0.3 is 0 Å². The van der Waals surface area contributed by atoms with Crippen LogP contribution in [0.5, 0.6) is 0 Å². The third-order valence-corrected chi connectivity index (χ3v) is 4.54. The van der Waals surface area contributed by atoms with Crippen molar-refractivity contribution in [2.45, 2.75) is 6.54 Å². The van der Waals surface area contributed by atoms with Gasteiger partial charge in [0.25, 0.3) is 11.5 Å². The lowest BCUT2D eigenvalue weighted by atomic mass is 10.1. The fourth-order valence-corrected chi connectivity index (χ4v) is 3.09. The summed E-state index contributed by atoms with van der Waals surface area (Å²) in [7, 11) is 1.71. The first-order valence-electron chi connectivity index (χ1n) is 8.70. The summed E-state index contributed by atoms with van der Waals surface area (Å²) < 4.78 is 16.3. The Labute approximate surface area is 159 Å². The number of aromatic nitrogens is 3. The van der Waals surface area contributed by atoms with Crippen LogP contribution in [0.3, 0.4) is 0 Å². The van der Waals surface area contributed by atoms with E-state index in [0.717, 1.165) is 10.9 Å². The van der Waals surface area contributed by atoms with E-state index in [1.807, 2.05) is 24.3 Å². The molecule has 0 aliphatic rings. The number of nitrogens with zero attached hydrogens (tertiary/aromatic N) is 3. The third-order valence-electron chi connectivity index (χ3n) is 4.54. The molecule has 0 bridgehead atoms. The van der Waals surface area contributed by atoms with E-state index in [4.69, 9.17) is 0 Å². The zero-order valence-electron chi connectivity index (χ0n) is 15.1. The van der Waals surface area contributed by atoms with Crippen LogP contribution in [0, 0.1) is 5.82 Å². The van der Waals surface area contributed by atoms with Gasteiger partial charge in [0.1, 0.15) is 5.82 Å². The van der Waals surface area contributed by atoms with Crippen molar-refractivity contribution in [2.75, 3.05) is 0 Å². The van der Waals surface area contributed by atoms with Crippen molar-refractivity contribution in [2.24, 2.45) is 7.05 Å². The van der Waals surface area contributed by atoms with Crippen molar-refractivity contribution in [3.8, 4) is 5.69 Å². The number of nitrogens with one attached hydrogen (secondary N) is 1. The summed E-state index contributed by atoms with van der Waals surface area (Å²) >= 11 is 0. The van der Waals surface area contributed by atoms with Gasteiger partial charge in [-0.1, -0.05) is 24.3 Å². The van der Waals surface area contributed by atoms with E-state index in [9.17, 15) is 14.0 Å². The minimum atomic E-state index is -0.412. The highest BCUT2D eigenvalue weighted by atomic mass is 19.1. The van der Waals surface area contributed by atoms with E-state index < -0.39 is 5.91 Å². The van der Waals surface area contributed by atoms with Crippen molar-refractivity contribution in [1.29, 1.82) is 0 Å². The second kappa shape index (κ2) is 7.11. The van der Waals surface area contributed by atoms with Gasteiger partial charge in [0.2, 0.25) is 0 Å². The largest absolute Gasteiger partial charge is 0.346 e. The van der Waals surface area contributed by atoms with Gasteiger partial charge in [-0.2, -0.15) is 5.10 Å². The topological polar surface area (TPSA) is 68.9 Å². The Kier molecular flexibility index (Phi) is 4.49. The van der Waals surface area contributed by atoms with E-state index in [0.29, 0.717) is 11.3 Å². The maximum atomic E-state index is 13.4. The smallest absolute Gasteiger partial charge is 0.272 e. The van der Waals surface area contributed by atoms with Crippen LogP contribution in [-0.2, 0) is 13.6 Å². The minimum Gasteiger partial charge on any atom is -0.346 e. The van der Waals surface area contributed by atoms with E-state index in [2.05, 4.69) is 10.4 Å². The van der Waals surface area contributed by atoms with E-state index >= 15 is 0 Å². The molecule has 2 aromatic carbocycles. The van der Waals surface area contributed by atoms with Gasteiger partial charge in [-0.3, -0.25) is 9.59 Å². The first-order chi connectivity index (χ1) is 13.5. The number of pyridine rings is 1. The van der Waals surface area contributed by atoms with Gasteiger partial charge in [-0.05, 0) is 41.8 Å². The van der Waals surface area contributed by atoms with Crippen LogP contribution in [0.4, 0.5) is 4.39 Å². The van der Waals surface area contributed by atoms with Gasteiger partial charge in [0, 0.05) is 25.4 Å². The molecule has 0 atom stereocenters. The number of halogens is 1. The van der Waals surface area contributed by atoms with Crippen LogP contribution >= 0.6 is 0 Å². The number of aryl methyl sites for hydroxylation is 1. The molecule has 2 aromatic heterocycles. The van der Waals surface area contributed by atoms with Gasteiger partial charge in [-0.15, -0.1) is 0 Å². The standard InChI is InChI=1S/C21H17FN4O2/c1-25-19-8-3-2-5-14(19)11-15(21(25)28)13-23-20(27)18-9-10-26(24-18)17-7-4-6-16(22)12-17/h2-12H,13H2,1H3,(H,23,27). The van der Waals surface area contributed by atoms with Crippen LogP contribution in [0.2, 0.25) is 0 Å². The summed E-state index contributed by atoms with van der Waals surface area (Å²) in [6.07, 6.45) is 1.58. The molecule has 28 heavy (non-hydrogen) atoms. The predicted octanol–water partition coefficient (Wildman–Crippen LogP) is 2.79. The summed E-state index contributed by atoms with van der Waals surface area (Å²) in [4.78, 5) is 24.9. The van der Waals surface area contributed by atoms with Gasteiger partial charge in [0.15, 0.2) is 5.69 Å². The monoisotopic (exact) mass is 376 g/mol. The lowest BCUT2D eigenvalue weighted by Crippen LogP contribution is -2.29. The predicted molar refractivity (Wildman–Crippen MR) is 104 cm³/mol. The first kappa shape index (κ1) is 17.7. The molecule has 4 aromatic rings. The molecule has 7 heteroatoms. The molecule has 0 aliphatic carbocycles. The number of fused-ring (bicyclic) bond motifs is 1. The van der Waals surface area contributed by atoms with E-state index in [-0.39, 0.29) is 23.6 Å². The molecule has 140 valence electrons. The molecule has 1 N–H and O–H groups in total. The number of benzene rings is 2. The zero-order chi connectivity index (χ0) is 19.7. The molecule has 0 saturated carbocycles. The number of rotatable bonds is 4. The number of amides is 1. The molecule has 0 aliphatic heterocycles. The van der Waals surface area contributed by atoms with Crippen molar-refractivity contribution >= 4 is 16.8 Å². The van der Waals surface area contributed by atoms with E-state index in [1.54, 1.807) is 42.1 Å². The molecular formula is C21H17FN4O2. The Morgan fingerprint density at radius 2 is 1.93 bits per heavy atom. The van der Waals surface area contributed by atoms with Crippen molar-refractivity contribution in [3.63, 3.8) is 0 Å². The van der Waals surface area contributed by atoms with Crippen LogP contribution in [0.25, 0.3) is 16.6 Å². The minimum absolute atomic E-state index is 0.0865. The third kappa shape index (κ3) is 3.29. The Bertz CT molecular complexity index is 1240. The van der Waals surface area contributed by atoms with E-state index in [1.165, 1.54) is 16.8 Å². The van der Waals surface area contributed by atoms with Gasteiger partial charge < -0.3 is 9.88 Å². The molecule has 1 amide bonds. The molecule has 6 nitrogen and oxygen atoms in total. The maximum Gasteiger partial charge on any atom is 0.272 e. The summed E-state index contributed by atoms with van der Waals surface area (Å²) in [5.74, 6) is -0.795. The summed E-state index contributed by atoms with van der Waals surface area (Å²) in [5, 5.41) is 7.82. The fraction of sp³-hybridized carbons (Fsp3) is 0.0952. The second-order valence-corrected chi connectivity index (χ2v) is 6.40. The number of hydrogen-bond donors (Lipinski definition) is 1. The Morgan fingerprint density at radius 3 is 2.75 bits per heavy atom. The number of carbonyl (C=O) groups excluding carboxylic acids is 1. The lowest BCUT2D eigenvalue weighted by molar-refractivity contribution is 0.0945. The maximum absolute atomic E-state index is 13.4. The molecule has 0 fully saturated rings. The molecule has 2 heterocycles. The zero-order valence-corrected chi connectivity index (χ0v) is 15.1. The highest BCUT2D eigenvalue weighted by Crippen LogP contribution is 2.13. The molecule has 0 spiro atoms. The average Bonchev–Trinajstić information content (AvgIpc) is 3.20. The number of carbonyl (C=O) groups is 1. The highest BCUT2D eigenvalue weighted by Gasteiger charge is 2.12. The van der Waals surface area contributed by atoms with Crippen LogP contribution in [0.15, 0.2) is 71.7 Å². The van der Waals surface area contributed by atoms with Crippen molar-refractivity contribution in [1.82, 2.24) is 19.7 Å². The average molecular weight is 376 g/mol. The highest BCUT2D eigenvalue weighted by molar-refractivity contribution is 5.92. The Morgan fingerprint density at radius 1 is 1.11 bits per heavy atom. The van der Waals surface area contributed by atoms with Crippen LogP contribution in [0.1, 0.15) is 16.1 Å². The quantitative estimate of drug-likeness (QED) is 0.596. The summed E-state index contributed by atoms with van der Waals surface area (Å²) in [5.41, 5.74) is 1.85. The lowest BCUT2D eigenvalue weighted by Gasteiger charge is -2.09. The Balaban J connectivity index is 1.53. The molecule has 4 rings (SSSR count). The molecule has 0 unspecified atom stereocenters. The molecular weight excluding hydrogens is 359 g/mol. The first-order valence-corrected chi connectivity index (χ1v) is 8.70. The number of para-hydroxylation sites is 1. The fourth-order valence-electron chi connectivity index (χ4n) is 3.09. The van der Waals surface area contributed by atoms with Crippen molar-refractivity contribution < 1.29 is 9.18 Å². The van der Waals surface area contributed by atoms with Crippen LogP contribution in [-0.4, -0.2) is 20.3 Å². The van der Waals surface area contributed by atoms with Gasteiger partial charge in [0.05, 0.1) is 11.2 Å². The summed E-state index contributed by atoms with van der Waals surface area (Å²) in [6.45, 7) is 0.0865. The SMILES string of the molecule is Cn1c(=O)c(CNC(=O)c2ccn(-c3cccc(F)c3)n2)cc2ccccc21. The molecule has 0 radical (unpaired) electrons. The number of hydrogen-bond acceptors (Lipinski definition) is 3. The van der Waals surface area contributed by atoms with Gasteiger partial charge in [-0.25, -0.2) is 9.07 Å². The normalized spacial score (nSPS) is 10.9. The van der Waals surface area contributed by atoms with Crippen LogP contribution < -0.4 is 10.9 Å².